The lowest BCUT2D eigenvalue weighted by Crippen LogP contribution is -2.06. The number of methoxy groups -OCH3 is 2. The number of hydrogen-bond donors (Lipinski definition) is 0. The standard InChI is InChI=1S/C19H15F2N3O4/c1-26-11-16(19(25)27-2)15-4-3-6-22-18(15)28-17-5-7-24(23-17)14-9-12(20)8-13(21)10-14/h3-11H,1-2H3/b16-11+. The molecule has 3 aromatic rings. The van der Waals surface area contributed by atoms with Gasteiger partial charge in [-0.05, 0) is 24.3 Å². The van der Waals surface area contributed by atoms with Crippen LogP contribution in [0.15, 0.2) is 55.1 Å². The maximum atomic E-state index is 13.4. The van der Waals surface area contributed by atoms with Crippen molar-refractivity contribution in [3.63, 3.8) is 0 Å². The van der Waals surface area contributed by atoms with Crippen molar-refractivity contribution in [3.8, 4) is 17.4 Å². The van der Waals surface area contributed by atoms with E-state index in [1.165, 1.54) is 43.6 Å². The van der Waals surface area contributed by atoms with Gasteiger partial charge in [0.05, 0.1) is 31.7 Å². The summed E-state index contributed by atoms with van der Waals surface area (Å²) in [6, 6.07) is 7.72. The number of halogens is 2. The number of carbonyl (C=O) groups is 1. The summed E-state index contributed by atoms with van der Waals surface area (Å²) in [5, 5.41) is 4.12. The molecule has 28 heavy (non-hydrogen) atoms. The molecule has 0 unspecified atom stereocenters. The minimum Gasteiger partial charge on any atom is -0.503 e. The van der Waals surface area contributed by atoms with Gasteiger partial charge in [0.15, 0.2) is 0 Å². The number of esters is 1. The third-order valence-electron chi connectivity index (χ3n) is 3.58. The lowest BCUT2D eigenvalue weighted by atomic mass is 10.1. The molecule has 0 saturated heterocycles. The van der Waals surface area contributed by atoms with Crippen LogP contribution in [0.25, 0.3) is 11.3 Å². The SMILES string of the molecule is CO/C=C(/C(=O)OC)c1cccnc1Oc1ccn(-c2cc(F)cc(F)c2)n1. The highest BCUT2D eigenvalue weighted by Crippen LogP contribution is 2.28. The first kappa shape index (κ1) is 19.0. The highest BCUT2D eigenvalue weighted by Gasteiger charge is 2.19. The van der Waals surface area contributed by atoms with Crippen LogP contribution < -0.4 is 4.74 Å². The molecule has 0 N–H and O–H groups in total. The first-order valence-electron chi connectivity index (χ1n) is 7.98. The molecule has 0 amide bonds. The number of hydrogen-bond acceptors (Lipinski definition) is 6. The Hall–Kier alpha value is -3.75. The molecule has 3 rings (SSSR count). The van der Waals surface area contributed by atoms with Crippen molar-refractivity contribution < 1.29 is 27.8 Å². The van der Waals surface area contributed by atoms with E-state index in [4.69, 9.17) is 14.2 Å². The second-order valence-electron chi connectivity index (χ2n) is 5.44. The van der Waals surface area contributed by atoms with Crippen LogP contribution in [-0.2, 0) is 14.3 Å². The second kappa shape index (κ2) is 8.30. The van der Waals surface area contributed by atoms with Crippen molar-refractivity contribution in [2.75, 3.05) is 14.2 Å². The van der Waals surface area contributed by atoms with Gasteiger partial charge in [0.1, 0.15) is 17.2 Å². The number of ether oxygens (including phenoxy) is 3. The minimum absolute atomic E-state index is 0.0758. The van der Waals surface area contributed by atoms with Crippen LogP contribution in [0.4, 0.5) is 8.78 Å². The number of aromatic nitrogens is 3. The molecule has 0 fully saturated rings. The molecule has 0 atom stereocenters. The third kappa shape index (κ3) is 4.14. The van der Waals surface area contributed by atoms with E-state index in [0.717, 1.165) is 18.2 Å². The Labute approximate surface area is 158 Å². The van der Waals surface area contributed by atoms with Crippen LogP contribution in [0.2, 0.25) is 0 Å². The highest BCUT2D eigenvalue weighted by molar-refractivity contribution is 6.16. The van der Waals surface area contributed by atoms with E-state index in [1.54, 1.807) is 12.1 Å². The Bertz CT molecular complexity index is 1010. The zero-order valence-electron chi connectivity index (χ0n) is 14.9. The summed E-state index contributed by atoms with van der Waals surface area (Å²) in [4.78, 5) is 16.1. The van der Waals surface area contributed by atoms with E-state index in [0.29, 0.717) is 5.56 Å². The van der Waals surface area contributed by atoms with Crippen molar-refractivity contribution >= 4 is 11.5 Å². The Morgan fingerprint density at radius 3 is 2.57 bits per heavy atom. The average Bonchev–Trinajstić information content (AvgIpc) is 3.14. The molecule has 2 aromatic heterocycles. The normalized spacial score (nSPS) is 11.2. The van der Waals surface area contributed by atoms with Crippen LogP contribution >= 0.6 is 0 Å². The Morgan fingerprint density at radius 2 is 1.89 bits per heavy atom. The van der Waals surface area contributed by atoms with Gasteiger partial charge in [0.25, 0.3) is 0 Å². The fourth-order valence-corrected chi connectivity index (χ4v) is 2.40. The molecule has 0 radical (unpaired) electrons. The van der Waals surface area contributed by atoms with Gasteiger partial charge in [0.2, 0.25) is 11.8 Å². The van der Waals surface area contributed by atoms with Crippen LogP contribution in [-0.4, -0.2) is 35.0 Å². The molecule has 0 aliphatic heterocycles. The van der Waals surface area contributed by atoms with E-state index in [1.807, 2.05) is 0 Å². The summed E-state index contributed by atoms with van der Waals surface area (Å²) in [5.41, 5.74) is 0.602. The molecule has 0 spiro atoms. The minimum atomic E-state index is -0.729. The number of rotatable bonds is 6. The van der Waals surface area contributed by atoms with Gasteiger partial charge in [0, 0.05) is 24.5 Å². The molecular formula is C19H15F2N3O4. The van der Waals surface area contributed by atoms with Crippen molar-refractivity contribution in [2.45, 2.75) is 0 Å². The van der Waals surface area contributed by atoms with Crippen molar-refractivity contribution in [2.24, 2.45) is 0 Å². The van der Waals surface area contributed by atoms with Crippen LogP contribution in [0.1, 0.15) is 5.56 Å². The summed E-state index contributed by atoms with van der Waals surface area (Å²) in [5.74, 6) is -1.92. The quantitative estimate of drug-likeness (QED) is 0.366. The van der Waals surface area contributed by atoms with Gasteiger partial charge in [-0.25, -0.2) is 23.2 Å². The van der Waals surface area contributed by atoms with Gasteiger partial charge in [-0.2, -0.15) is 0 Å². The molecule has 0 aliphatic carbocycles. The van der Waals surface area contributed by atoms with Gasteiger partial charge >= 0.3 is 5.97 Å². The van der Waals surface area contributed by atoms with Crippen molar-refractivity contribution in [1.82, 2.24) is 14.8 Å². The largest absolute Gasteiger partial charge is 0.503 e. The summed E-state index contributed by atoms with van der Waals surface area (Å²) < 4.78 is 43.4. The van der Waals surface area contributed by atoms with Gasteiger partial charge < -0.3 is 14.2 Å². The predicted octanol–water partition coefficient (Wildman–Crippen LogP) is 3.50. The Kier molecular flexibility index (Phi) is 5.64. The molecule has 2 heterocycles. The summed E-state index contributed by atoms with van der Waals surface area (Å²) >= 11 is 0. The molecular weight excluding hydrogens is 372 g/mol. The van der Waals surface area contributed by atoms with Gasteiger partial charge in [-0.3, -0.25) is 0 Å². The number of benzene rings is 1. The maximum absolute atomic E-state index is 13.4. The number of carbonyl (C=O) groups excluding carboxylic acids is 1. The molecule has 0 aliphatic rings. The van der Waals surface area contributed by atoms with Gasteiger partial charge in [-0.1, -0.05) is 0 Å². The maximum Gasteiger partial charge on any atom is 0.341 e. The Morgan fingerprint density at radius 1 is 1.14 bits per heavy atom. The first-order chi connectivity index (χ1) is 13.5. The van der Waals surface area contributed by atoms with Crippen molar-refractivity contribution in [1.29, 1.82) is 0 Å². The Balaban J connectivity index is 1.92. The van der Waals surface area contributed by atoms with Gasteiger partial charge in [-0.15, -0.1) is 5.10 Å². The van der Waals surface area contributed by atoms with E-state index in [9.17, 15) is 13.6 Å². The summed E-state index contributed by atoms with van der Waals surface area (Å²) in [6.07, 6.45) is 4.15. The van der Waals surface area contributed by atoms with Crippen LogP contribution in [0.5, 0.6) is 11.8 Å². The zero-order valence-corrected chi connectivity index (χ0v) is 14.9. The highest BCUT2D eigenvalue weighted by atomic mass is 19.1. The molecule has 0 saturated carbocycles. The fourth-order valence-electron chi connectivity index (χ4n) is 2.40. The molecule has 1 aromatic carbocycles. The zero-order chi connectivity index (χ0) is 20.1. The summed E-state index contributed by atoms with van der Waals surface area (Å²) in [6.45, 7) is 0. The van der Waals surface area contributed by atoms with Crippen LogP contribution in [0.3, 0.4) is 0 Å². The lowest BCUT2D eigenvalue weighted by molar-refractivity contribution is -0.133. The predicted molar refractivity (Wildman–Crippen MR) is 94.8 cm³/mol. The molecule has 7 nitrogen and oxygen atoms in total. The number of nitrogens with zero attached hydrogens (tertiary/aromatic N) is 3. The summed E-state index contributed by atoms with van der Waals surface area (Å²) in [7, 11) is 2.63. The molecule has 144 valence electrons. The van der Waals surface area contributed by atoms with Crippen molar-refractivity contribution in [3.05, 3.63) is 72.3 Å². The topological polar surface area (TPSA) is 75.5 Å². The first-order valence-corrected chi connectivity index (χ1v) is 7.98. The van der Waals surface area contributed by atoms with E-state index >= 15 is 0 Å². The smallest absolute Gasteiger partial charge is 0.341 e. The number of pyridine rings is 1. The average molecular weight is 387 g/mol. The third-order valence-corrected chi connectivity index (χ3v) is 3.58. The van der Waals surface area contributed by atoms with E-state index < -0.39 is 17.6 Å². The monoisotopic (exact) mass is 387 g/mol. The van der Waals surface area contributed by atoms with E-state index in [2.05, 4.69) is 10.1 Å². The molecule has 9 heteroatoms. The second-order valence-corrected chi connectivity index (χ2v) is 5.44. The van der Waals surface area contributed by atoms with Crippen LogP contribution in [0, 0.1) is 11.6 Å². The van der Waals surface area contributed by atoms with E-state index in [-0.39, 0.29) is 23.0 Å². The fraction of sp³-hybridized carbons (Fsp3) is 0.105. The lowest BCUT2D eigenvalue weighted by Gasteiger charge is -2.10. The molecule has 0 bridgehead atoms.